The van der Waals surface area contributed by atoms with Crippen molar-refractivity contribution < 1.29 is 19.2 Å². The van der Waals surface area contributed by atoms with Crippen LogP contribution in [0.3, 0.4) is 0 Å². The summed E-state index contributed by atoms with van der Waals surface area (Å²) >= 11 is 0. The van der Waals surface area contributed by atoms with Crippen LogP contribution in [0.2, 0.25) is 0 Å². The summed E-state index contributed by atoms with van der Waals surface area (Å²) in [4.78, 5) is 23.3. The maximum absolute atomic E-state index is 12.5. The summed E-state index contributed by atoms with van der Waals surface area (Å²) in [6.07, 6.45) is 2.02. The Morgan fingerprint density at radius 2 is 1.79 bits per heavy atom. The summed E-state index contributed by atoms with van der Waals surface area (Å²) < 4.78 is 10.3. The number of benzene rings is 2. The van der Waals surface area contributed by atoms with Crippen molar-refractivity contribution in [2.24, 2.45) is 0 Å². The van der Waals surface area contributed by atoms with Gasteiger partial charge in [0.15, 0.2) is 17.3 Å². The average Bonchev–Trinajstić information content (AvgIpc) is 2.90. The molecule has 2 aromatic carbocycles. The first-order chi connectivity index (χ1) is 11.5. The number of hydrogen-bond acceptors (Lipinski definition) is 5. The lowest BCUT2D eigenvalue weighted by Crippen LogP contribution is -1.99. The van der Waals surface area contributed by atoms with E-state index in [9.17, 15) is 14.9 Å². The van der Waals surface area contributed by atoms with Gasteiger partial charge >= 0.3 is 0 Å². The molecule has 0 heterocycles. The average molecular weight is 325 g/mol. The highest BCUT2D eigenvalue weighted by Crippen LogP contribution is 2.37. The highest BCUT2D eigenvalue weighted by molar-refractivity contribution is 6.15. The molecule has 0 aliphatic heterocycles. The van der Waals surface area contributed by atoms with Crippen molar-refractivity contribution in [3.05, 3.63) is 68.8 Å². The molecule has 0 saturated heterocycles. The molecule has 24 heavy (non-hydrogen) atoms. The molecule has 0 atom stereocenters. The molecular formula is C18H15NO5. The van der Waals surface area contributed by atoms with Gasteiger partial charge in [0.2, 0.25) is 0 Å². The Hall–Kier alpha value is -3.15. The molecule has 2 aromatic rings. The molecule has 0 amide bonds. The Balaban J connectivity index is 2.10. The molecule has 0 spiro atoms. The van der Waals surface area contributed by atoms with Crippen LogP contribution in [0.4, 0.5) is 5.69 Å². The van der Waals surface area contributed by atoms with E-state index >= 15 is 0 Å². The van der Waals surface area contributed by atoms with Crippen molar-refractivity contribution >= 4 is 17.5 Å². The molecule has 0 N–H and O–H groups in total. The van der Waals surface area contributed by atoms with Gasteiger partial charge in [-0.1, -0.05) is 24.3 Å². The molecular weight excluding hydrogens is 310 g/mol. The van der Waals surface area contributed by atoms with Crippen molar-refractivity contribution in [1.82, 2.24) is 0 Å². The number of rotatable bonds is 4. The molecule has 3 rings (SSSR count). The van der Waals surface area contributed by atoms with Gasteiger partial charge < -0.3 is 9.47 Å². The van der Waals surface area contributed by atoms with E-state index in [1.807, 2.05) is 12.1 Å². The van der Waals surface area contributed by atoms with E-state index in [0.29, 0.717) is 28.9 Å². The third-order valence-electron chi connectivity index (χ3n) is 3.99. The van der Waals surface area contributed by atoms with Gasteiger partial charge in [0.25, 0.3) is 5.69 Å². The fourth-order valence-electron chi connectivity index (χ4n) is 2.82. The Morgan fingerprint density at radius 3 is 2.42 bits per heavy atom. The Labute approximate surface area is 138 Å². The number of nitro benzene ring substituents is 1. The van der Waals surface area contributed by atoms with Gasteiger partial charge in [-0.25, -0.2) is 0 Å². The van der Waals surface area contributed by atoms with Crippen LogP contribution >= 0.6 is 0 Å². The van der Waals surface area contributed by atoms with E-state index in [4.69, 9.17) is 9.47 Å². The van der Waals surface area contributed by atoms with Crippen LogP contribution in [-0.2, 0) is 6.42 Å². The van der Waals surface area contributed by atoms with E-state index < -0.39 is 4.92 Å². The van der Waals surface area contributed by atoms with Crippen molar-refractivity contribution in [2.45, 2.75) is 6.42 Å². The number of carbonyl (C=O) groups excluding carboxylic acids is 1. The van der Waals surface area contributed by atoms with Gasteiger partial charge in [-0.3, -0.25) is 14.9 Å². The smallest absolute Gasteiger partial charge is 0.280 e. The lowest BCUT2D eigenvalue weighted by molar-refractivity contribution is -0.385. The molecule has 0 radical (unpaired) electrons. The van der Waals surface area contributed by atoms with E-state index in [0.717, 1.165) is 5.56 Å². The summed E-state index contributed by atoms with van der Waals surface area (Å²) in [5, 5.41) is 11.4. The summed E-state index contributed by atoms with van der Waals surface area (Å²) in [5.74, 6) is 0.542. The Morgan fingerprint density at radius 1 is 1.12 bits per heavy atom. The topological polar surface area (TPSA) is 78.7 Å². The zero-order valence-electron chi connectivity index (χ0n) is 13.2. The standard InChI is InChI=1S/C18H15NO5/c1-23-16-9-12(15(19(21)22)10-17(16)24-2)8-13-7-11-5-3-4-6-14(11)18(13)20/h3-6,8-10H,7H2,1-2H3. The fourth-order valence-corrected chi connectivity index (χ4v) is 2.82. The SMILES string of the molecule is COc1cc(C=C2Cc3ccccc3C2=O)c([N+](=O)[O-])cc1OC. The number of nitrogens with zero attached hydrogens (tertiary/aromatic N) is 1. The van der Waals surface area contributed by atoms with Crippen molar-refractivity contribution in [3.8, 4) is 11.5 Å². The summed E-state index contributed by atoms with van der Waals surface area (Å²) in [7, 11) is 2.87. The maximum Gasteiger partial charge on any atom is 0.280 e. The number of hydrogen-bond donors (Lipinski definition) is 0. The maximum atomic E-state index is 12.5. The number of nitro groups is 1. The number of Topliss-reactive ketones (excluding diaryl/α,β-unsaturated/α-hetero) is 1. The Kier molecular flexibility index (Phi) is 4.04. The van der Waals surface area contributed by atoms with Crippen LogP contribution < -0.4 is 9.47 Å². The first-order valence-electron chi connectivity index (χ1n) is 7.28. The van der Waals surface area contributed by atoms with Crippen LogP contribution in [0.5, 0.6) is 11.5 Å². The zero-order chi connectivity index (χ0) is 17.3. The van der Waals surface area contributed by atoms with Crippen LogP contribution in [0.1, 0.15) is 21.5 Å². The van der Waals surface area contributed by atoms with Gasteiger partial charge in [0.05, 0.1) is 30.8 Å². The van der Waals surface area contributed by atoms with Gasteiger partial charge in [-0.15, -0.1) is 0 Å². The summed E-state index contributed by atoms with van der Waals surface area (Å²) in [6, 6.07) is 10.1. The minimum Gasteiger partial charge on any atom is -0.493 e. The number of allylic oxidation sites excluding steroid dienone is 1. The first kappa shape index (κ1) is 15.7. The van der Waals surface area contributed by atoms with Gasteiger partial charge in [-0.05, 0) is 17.7 Å². The molecule has 0 unspecified atom stereocenters. The highest BCUT2D eigenvalue weighted by Gasteiger charge is 2.26. The molecule has 6 nitrogen and oxygen atoms in total. The van der Waals surface area contributed by atoms with E-state index in [2.05, 4.69) is 0 Å². The predicted molar refractivity (Wildman–Crippen MR) is 88.7 cm³/mol. The van der Waals surface area contributed by atoms with Crippen LogP contribution in [-0.4, -0.2) is 24.9 Å². The summed E-state index contributed by atoms with van der Waals surface area (Å²) in [5.41, 5.74) is 2.27. The summed E-state index contributed by atoms with van der Waals surface area (Å²) in [6.45, 7) is 0. The lowest BCUT2D eigenvalue weighted by Gasteiger charge is -2.09. The monoisotopic (exact) mass is 325 g/mol. The molecule has 0 aromatic heterocycles. The largest absolute Gasteiger partial charge is 0.493 e. The molecule has 1 aliphatic carbocycles. The normalized spacial score (nSPS) is 14.6. The minimum atomic E-state index is -0.499. The lowest BCUT2D eigenvalue weighted by atomic mass is 10.1. The predicted octanol–water partition coefficient (Wildman–Crippen LogP) is 3.43. The van der Waals surface area contributed by atoms with Crippen molar-refractivity contribution in [1.29, 1.82) is 0 Å². The third-order valence-corrected chi connectivity index (χ3v) is 3.99. The quantitative estimate of drug-likeness (QED) is 0.489. The number of ketones is 1. The van der Waals surface area contributed by atoms with Crippen LogP contribution in [0.15, 0.2) is 42.0 Å². The van der Waals surface area contributed by atoms with Crippen molar-refractivity contribution in [2.75, 3.05) is 14.2 Å². The van der Waals surface area contributed by atoms with Gasteiger partial charge in [-0.2, -0.15) is 0 Å². The zero-order valence-corrected chi connectivity index (χ0v) is 13.2. The molecule has 0 bridgehead atoms. The second kappa shape index (κ2) is 6.16. The third kappa shape index (κ3) is 2.62. The minimum absolute atomic E-state index is 0.102. The van der Waals surface area contributed by atoms with E-state index in [-0.39, 0.29) is 17.2 Å². The number of carbonyl (C=O) groups is 1. The highest BCUT2D eigenvalue weighted by atomic mass is 16.6. The first-order valence-corrected chi connectivity index (χ1v) is 7.28. The molecule has 0 fully saturated rings. The molecule has 6 heteroatoms. The number of methoxy groups -OCH3 is 2. The number of fused-ring (bicyclic) bond motifs is 1. The van der Waals surface area contributed by atoms with Crippen LogP contribution in [0.25, 0.3) is 6.08 Å². The van der Waals surface area contributed by atoms with Gasteiger partial charge in [0, 0.05) is 17.6 Å². The Bertz CT molecular complexity index is 870. The van der Waals surface area contributed by atoms with E-state index in [1.165, 1.54) is 26.4 Å². The second-order valence-corrected chi connectivity index (χ2v) is 5.36. The fraction of sp³-hybridized carbons (Fsp3) is 0.167. The molecule has 0 saturated carbocycles. The van der Waals surface area contributed by atoms with Gasteiger partial charge in [0.1, 0.15) is 0 Å². The van der Waals surface area contributed by atoms with E-state index in [1.54, 1.807) is 18.2 Å². The molecule has 122 valence electrons. The van der Waals surface area contributed by atoms with Crippen molar-refractivity contribution in [3.63, 3.8) is 0 Å². The number of ether oxygens (including phenoxy) is 2. The van der Waals surface area contributed by atoms with Crippen LogP contribution in [0, 0.1) is 10.1 Å². The second-order valence-electron chi connectivity index (χ2n) is 5.36. The molecule has 1 aliphatic rings.